The number of aromatic nitrogens is 3. The smallest absolute Gasteiger partial charge is 0.277 e. The van der Waals surface area contributed by atoms with Crippen LogP contribution in [0.15, 0.2) is 29.6 Å². The number of ether oxygens (including phenoxy) is 2. The predicted octanol–water partition coefficient (Wildman–Crippen LogP) is 4.91. The molecule has 0 atom stereocenters. The summed E-state index contributed by atoms with van der Waals surface area (Å²) < 4.78 is 12.7. The molecule has 30 heavy (non-hydrogen) atoms. The minimum atomic E-state index is -0.248. The van der Waals surface area contributed by atoms with E-state index in [1.807, 2.05) is 34.3 Å². The van der Waals surface area contributed by atoms with Crippen LogP contribution in [0.5, 0.6) is 11.5 Å². The minimum absolute atomic E-state index is 0.171. The van der Waals surface area contributed by atoms with E-state index in [2.05, 4.69) is 36.2 Å². The van der Waals surface area contributed by atoms with E-state index in [1.165, 1.54) is 11.3 Å². The van der Waals surface area contributed by atoms with Gasteiger partial charge in [0.05, 0.1) is 25.5 Å². The van der Waals surface area contributed by atoms with Crippen molar-refractivity contribution in [3.63, 3.8) is 0 Å². The van der Waals surface area contributed by atoms with Crippen molar-refractivity contribution >= 4 is 22.4 Å². The summed E-state index contributed by atoms with van der Waals surface area (Å²) in [5, 5.41) is 9.90. The Morgan fingerprint density at radius 1 is 1.20 bits per heavy atom. The van der Waals surface area contributed by atoms with Crippen LogP contribution in [0.2, 0.25) is 0 Å². The van der Waals surface area contributed by atoms with E-state index in [0.29, 0.717) is 28.2 Å². The Bertz CT molecular complexity index is 1080. The van der Waals surface area contributed by atoms with E-state index in [9.17, 15) is 4.79 Å². The predicted molar refractivity (Wildman–Crippen MR) is 118 cm³/mol. The van der Waals surface area contributed by atoms with Gasteiger partial charge in [-0.1, -0.05) is 0 Å². The van der Waals surface area contributed by atoms with Gasteiger partial charge >= 0.3 is 0 Å². The molecule has 3 aromatic rings. The second kappa shape index (κ2) is 7.75. The molecule has 0 spiro atoms. The molecule has 7 nitrogen and oxygen atoms in total. The van der Waals surface area contributed by atoms with Gasteiger partial charge < -0.3 is 9.47 Å². The fourth-order valence-electron chi connectivity index (χ4n) is 3.34. The van der Waals surface area contributed by atoms with Gasteiger partial charge in [0.25, 0.3) is 5.91 Å². The molecule has 158 valence electrons. The van der Waals surface area contributed by atoms with Gasteiger partial charge in [0.2, 0.25) is 0 Å². The van der Waals surface area contributed by atoms with Gasteiger partial charge in [-0.15, -0.1) is 11.3 Å². The molecule has 1 aliphatic rings. The number of amides is 1. The van der Waals surface area contributed by atoms with Crippen LogP contribution in [0.1, 0.15) is 55.7 Å². The third-order valence-electron chi connectivity index (χ3n) is 5.01. The molecule has 1 saturated carbocycles. The van der Waals surface area contributed by atoms with Crippen LogP contribution in [0.3, 0.4) is 0 Å². The molecule has 0 aliphatic heterocycles. The summed E-state index contributed by atoms with van der Waals surface area (Å²) in [5.74, 6) is 1.63. The number of carbonyl (C=O) groups is 1. The van der Waals surface area contributed by atoms with Crippen LogP contribution in [-0.4, -0.2) is 34.9 Å². The van der Waals surface area contributed by atoms with Crippen molar-refractivity contribution < 1.29 is 14.3 Å². The van der Waals surface area contributed by atoms with Gasteiger partial charge in [0.15, 0.2) is 10.8 Å². The Morgan fingerprint density at radius 3 is 2.60 bits per heavy atom. The quantitative estimate of drug-likeness (QED) is 0.606. The molecule has 1 fully saturated rings. The van der Waals surface area contributed by atoms with Crippen LogP contribution < -0.4 is 14.8 Å². The van der Waals surface area contributed by atoms with E-state index in [4.69, 9.17) is 9.47 Å². The number of hydrogen-bond donors (Lipinski definition) is 1. The van der Waals surface area contributed by atoms with E-state index >= 15 is 0 Å². The average Bonchev–Trinajstić information content (AvgIpc) is 3.28. The van der Waals surface area contributed by atoms with Crippen LogP contribution >= 0.6 is 11.3 Å². The van der Waals surface area contributed by atoms with E-state index in [-0.39, 0.29) is 11.4 Å². The van der Waals surface area contributed by atoms with E-state index < -0.39 is 0 Å². The zero-order valence-corrected chi connectivity index (χ0v) is 18.7. The molecule has 0 bridgehead atoms. The fraction of sp³-hybridized carbons (Fsp3) is 0.409. The summed E-state index contributed by atoms with van der Waals surface area (Å²) in [7, 11) is 3.22. The maximum Gasteiger partial charge on any atom is 0.277 e. The van der Waals surface area contributed by atoms with Crippen molar-refractivity contribution in [1.29, 1.82) is 0 Å². The average molecular weight is 427 g/mol. The van der Waals surface area contributed by atoms with E-state index in [0.717, 1.165) is 29.8 Å². The number of nitrogens with zero attached hydrogens (tertiary/aromatic N) is 3. The Kier molecular flexibility index (Phi) is 5.27. The van der Waals surface area contributed by atoms with Gasteiger partial charge in [0, 0.05) is 28.6 Å². The molecule has 0 saturated heterocycles. The van der Waals surface area contributed by atoms with E-state index in [1.54, 1.807) is 14.2 Å². The number of benzene rings is 1. The molecular formula is C22H26N4O3S. The maximum absolute atomic E-state index is 12.8. The largest absolute Gasteiger partial charge is 0.497 e. The minimum Gasteiger partial charge on any atom is -0.497 e. The lowest BCUT2D eigenvalue weighted by atomic mass is 10.1. The van der Waals surface area contributed by atoms with Crippen LogP contribution in [0.4, 0.5) is 5.13 Å². The first kappa shape index (κ1) is 20.4. The van der Waals surface area contributed by atoms with Gasteiger partial charge in [-0.05, 0) is 51.8 Å². The molecule has 0 unspecified atom stereocenters. The SMILES string of the molecule is COc1ccc(-c2csc(NC(=O)c3cc(C4CC4)n(C(C)(C)C)n3)n2)c(OC)c1. The van der Waals surface area contributed by atoms with Crippen LogP contribution in [0, 0.1) is 0 Å². The molecule has 1 aromatic carbocycles. The standard InChI is InChI=1S/C22H26N4O3S/c1-22(2,3)26-18(13-6-7-13)11-16(25-26)20(27)24-21-23-17(12-30-21)15-9-8-14(28-4)10-19(15)29-5/h8-13H,6-7H2,1-5H3,(H,23,24,27). The summed E-state index contributed by atoms with van der Waals surface area (Å²) >= 11 is 1.37. The Balaban J connectivity index is 1.55. The molecule has 4 rings (SSSR count). The summed E-state index contributed by atoms with van der Waals surface area (Å²) in [5.41, 5.74) is 2.95. The number of rotatable bonds is 6. The maximum atomic E-state index is 12.8. The second-order valence-corrected chi connectivity index (χ2v) is 9.23. The van der Waals surface area contributed by atoms with Crippen molar-refractivity contribution in [3.8, 4) is 22.8 Å². The van der Waals surface area contributed by atoms with Crippen molar-refractivity contribution in [2.75, 3.05) is 19.5 Å². The first-order valence-electron chi connectivity index (χ1n) is 9.90. The monoisotopic (exact) mass is 426 g/mol. The number of methoxy groups -OCH3 is 2. The highest BCUT2D eigenvalue weighted by Gasteiger charge is 2.32. The molecule has 8 heteroatoms. The summed E-state index contributed by atoms with van der Waals surface area (Å²) in [6.07, 6.45) is 2.31. The van der Waals surface area contributed by atoms with Crippen LogP contribution in [0.25, 0.3) is 11.3 Å². The second-order valence-electron chi connectivity index (χ2n) is 8.37. The number of anilines is 1. The zero-order chi connectivity index (χ0) is 21.5. The van der Waals surface area contributed by atoms with Crippen molar-refractivity contribution in [2.24, 2.45) is 0 Å². The Morgan fingerprint density at radius 2 is 1.97 bits per heavy atom. The lowest BCUT2D eigenvalue weighted by Gasteiger charge is -2.22. The highest BCUT2D eigenvalue weighted by molar-refractivity contribution is 7.14. The molecule has 2 aromatic heterocycles. The highest BCUT2D eigenvalue weighted by atomic mass is 32.1. The molecule has 1 amide bonds. The topological polar surface area (TPSA) is 78.3 Å². The zero-order valence-electron chi connectivity index (χ0n) is 17.9. The fourth-order valence-corrected chi connectivity index (χ4v) is 4.05. The van der Waals surface area contributed by atoms with Crippen LogP contribution in [-0.2, 0) is 5.54 Å². The third kappa shape index (κ3) is 4.05. The van der Waals surface area contributed by atoms with Crippen molar-refractivity contribution in [3.05, 3.63) is 41.0 Å². The summed E-state index contributed by atoms with van der Waals surface area (Å²) in [6, 6.07) is 7.48. The first-order chi connectivity index (χ1) is 14.3. The Labute approximate surface area is 180 Å². The van der Waals surface area contributed by atoms with Gasteiger partial charge in [-0.25, -0.2) is 4.98 Å². The number of carbonyl (C=O) groups excluding carboxylic acids is 1. The lowest BCUT2D eigenvalue weighted by molar-refractivity contribution is 0.102. The van der Waals surface area contributed by atoms with Gasteiger partial charge in [-0.3, -0.25) is 14.8 Å². The number of thiazole rings is 1. The first-order valence-corrected chi connectivity index (χ1v) is 10.8. The molecule has 1 N–H and O–H groups in total. The number of hydrogen-bond acceptors (Lipinski definition) is 6. The summed E-state index contributed by atoms with van der Waals surface area (Å²) in [4.78, 5) is 17.4. The van der Waals surface area contributed by atoms with Crippen molar-refractivity contribution in [1.82, 2.24) is 14.8 Å². The molecular weight excluding hydrogens is 400 g/mol. The molecule has 2 heterocycles. The summed E-state index contributed by atoms with van der Waals surface area (Å²) in [6.45, 7) is 6.30. The Hall–Kier alpha value is -2.87. The third-order valence-corrected chi connectivity index (χ3v) is 5.77. The molecule has 0 radical (unpaired) electrons. The lowest BCUT2D eigenvalue weighted by Crippen LogP contribution is -2.25. The van der Waals surface area contributed by atoms with Crippen molar-refractivity contribution in [2.45, 2.75) is 45.1 Å². The highest BCUT2D eigenvalue weighted by Crippen LogP contribution is 2.42. The molecule has 1 aliphatic carbocycles. The normalized spacial score (nSPS) is 13.9. The van der Waals surface area contributed by atoms with Gasteiger partial charge in [-0.2, -0.15) is 5.10 Å². The van der Waals surface area contributed by atoms with Gasteiger partial charge in [0.1, 0.15) is 11.5 Å². The number of nitrogens with one attached hydrogen (secondary N) is 1.